The summed E-state index contributed by atoms with van der Waals surface area (Å²) in [5.41, 5.74) is 0. The van der Waals surface area contributed by atoms with Gasteiger partial charge in [-0.1, -0.05) is 22.7 Å². The van der Waals surface area contributed by atoms with E-state index in [1.807, 2.05) is 0 Å². The summed E-state index contributed by atoms with van der Waals surface area (Å²) < 4.78 is 32.5. The second-order valence-corrected chi connectivity index (χ2v) is 8.10. The molecule has 0 amide bonds. The van der Waals surface area contributed by atoms with Gasteiger partial charge in [-0.3, -0.25) is 0 Å². The Morgan fingerprint density at radius 3 is 1.08 bits per heavy atom. The highest BCUT2D eigenvalue weighted by atomic mass is 33.1. The summed E-state index contributed by atoms with van der Waals surface area (Å²) in [6.45, 7) is 0. The van der Waals surface area contributed by atoms with Crippen molar-refractivity contribution in [2.75, 3.05) is 42.7 Å². The third-order valence-corrected chi connectivity index (χ3v) is 7.74. The minimum Gasteiger partial charge on any atom is -0.491 e. The first-order valence-electron chi connectivity index (χ1n) is 6.57. The Morgan fingerprint density at radius 1 is 0.500 bits per heavy atom. The summed E-state index contributed by atoms with van der Waals surface area (Å²) in [5, 5.41) is 2.78. The topological polar surface area (TPSA) is 55.4 Å². The van der Waals surface area contributed by atoms with Crippen molar-refractivity contribution in [1.29, 1.82) is 0 Å². The van der Waals surface area contributed by atoms with Gasteiger partial charge in [0.25, 0.3) is 0 Å². The lowest BCUT2D eigenvalue weighted by atomic mass is 10.5. The van der Waals surface area contributed by atoms with Crippen molar-refractivity contribution >= 4 is 44.3 Å². The quantitative estimate of drug-likeness (QED) is 0.553. The average Bonchev–Trinajstić information content (AvgIpc) is 3.15. The number of hydrogen-bond donors (Lipinski definition) is 0. The number of methoxy groups -OCH3 is 6. The first-order valence-corrected chi connectivity index (χ1v) is 10.3. The molecule has 6 nitrogen and oxygen atoms in total. The molecule has 134 valence electrons. The largest absolute Gasteiger partial charge is 0.491 e. The van der Waals surface area contributed by atoms with Crippen molar-refractivity contribution in [2.24, 2.45) is 0 Å². The summed E-state index contributed by atoms with van der Waals surface area (Å²) in [6.07, 6.45) is 0. The third kappa shape index (κ3) is 3.61. The molecule has 0 aliphatic carbocycles. The van der Waals surface area contributed by atoms with E-state index in [9.17, 15) is 0 Å². The molecule has 2 rings (SSSR count). The summed E-state index contributed by atoms with van der Waals surface area (Å²) in [4.78, 5) is 1.70. The van der Waals surface area contributed by atoms with Crippen LogP contribution in [0.1, 0.15) is 0 Å². The van der Waals surface area contributed by atoms with Crippen LogP contribution in [-0.4, -0.2) is 42.7 Å². The number of thiophene rings is 2. The molecule has 0 saturated carbocycles. The smallest absolute Gasteiger partial charge is 0.221 e. The van der Waals surface area contributed by atoms with Crippen LogP contribution in [0, 0.1) is 0 Å². The van der Waals surface area contributed by atoms with Crippen LogP contribution >= 0.6 is 44.3 Å². The lowest BCUT2D eigenvalue weighted by Crippen LogP contribution is -1.88. The highest BCUT2D eigenvalue weighted by Crippen LogP contribution is 2.60. The summed E-state index contributed by atoms with van der Waals surface area (Å²) >= 11 is 2.77. The van der Waals surface area contributed by atoms with Crippen LogP contribution in [-0.2, 0) is 0 Å². The zero-order chi connectivity index (χ0) is 17.7. The molecule has 0 N–H and O–H groups in total. The van der Waals surface area contributed by atoms with Crippen molar-refractivity contribution < 1.29 is 28.4 Å². The van der Waals surface area contributed by atoms with E-state index in [4.69, 9.17) is 28.4 Å². The van der Waals surface area contributed by atoms with Gasteiger partial charge in [-0.2, -0.15) is 0 Å². The van der Waals surface area contributed by atoms with Crippen molar-refractivity contribution in [3.8, 4) is 31.8 Å². The van der Waals surface area contributed by atoms with E-state index < -0.39 is 0 Å². The molecule has 0 aliphatic heterocycles. The molecule has 2 aromatic rings. The Labute approximate surface area is 156 Å². The van der Waals surface area contributed by atoms with Crippen LogP contribution in [0.4, 0.5) is 0 Å². The van der Waals surface area contributed by atoms with Crippen molar-refractivity contribution in [2.45, 2.75) is 9.79 Å². The molecule has 0 radical (unpaired) electrons. The fraction of sp³-hybridized carbons (Fsp3) is 0.429. The molecule has 24 heavy (non-hydrogen) atoms. The predicted molar refractivity (Wildman–Crippen MR) is 99.7 cm³/mol. The maximum atomic E-state index is 5.46. The Hall–Kier alpha value is -1.10. The molecule has 0 aromatic carbocycles. The van der Waals surface area contributed by atoms with Gasteiger partial charge in [0.15, 0.2) is 21.6 Å². The number of hydrogen-bond acceptors (Lipinski definition) is 10. The predicted octanol–water partition coefficient (Wildman–Crippen LogP) is 4.66. The summed E-state index contributed by atoms with van der Waals surface area (Å²) in [6, 6.07) is 0. The van der Waals surface area contributed by atoms with Crippen LogP contribution in [0.25, 0.3) is 0 Å². The van der Waals surface area contributed by atoms with E-state index >= 15 is 0 Å². The van der Waals surface area contributed by atoms with Crippen LogP contribution in [0.3, 0.4) is 0 Å². The molecular weight excluding hydrogens is 392 g/mol. The Balaban J connectivity index is 2.34. The first kappa shape index (κ1) is 19.2. The summed E-state index contributed by atoms with van der Waals surface area (Å²) in [7, 11) is 12.6. The van der Waals surface area contributed by atoms with Gasteiger partial charge in [-0.05, 0) is 21.6 Å². The second-order valence-electron chi connectivity index (χ2n) is 4.06. The monoisotopic (exact) mass is 410 g/mol. The lowest BCUT2D eigenvalue weighted by molar-refractivity contribution is 0.354. The first-order chi connectivity index (χ1) is 11.6. The van der Waals surface area contributed by atoms with Gasteiger partial charge in [0.05, 0.1) is 42.7 Å². The van der Waals surface area contributed by atoms with Gasteiger partial charge >= 0.3 is 0 Å². The van der Waals surface area contributed by atoms with Gasteiger partial charge in [0.1, 0.15) is 9.79 Å². The minimum atomic E-state index is 0.650. The molecule has 0 fully saturated rings. The van der Waals surface area contributed by atoms with E-state index in [-0.39, 0.29) is 0 Å². The molecule has 0 unspecified atom stereocenters. The molecule has 0 aliphatic rings. The van der Waals surface area contributed by atoms with Gasteiger partial charge in [0, 0.05) is 0 Å². The van der Waals surface area contributed by atoms with E-state index in [1.54, 1.807) is 42.7 Å². The lowest BCUT2D eigenvalue weighted by Gasteiger charge is -2.07. The third-order valence-electron chi connectivity index (χ3n) is 2.88. The fourth-order valence-electron chi connectivity index (χ4n) is 1.84. The molecule has 0 atom stereocenters. The SMILES string of the molecule is COc1sc(OC)c(SSc2c(OC)sc(OC)c2OC)c1OC. The maximum Gasteiger partial charge on any atom is 0.221 e. The van der Waals surface area contributed by atoms with E-state index in [2.05, 4.69) is 0 Å². The van der Waals surface area contributed by atoms with E-state index in [0.29, 0.717) is 21.6 Å². The fourth-order valence-corrected chi connectivity index (χ4v) is 6.77. The van der Waals surface area contributed by atoms with Crippen LogP contribution in [0.5, 0.6) is 31.8 Å². The molecule has 0 saturated heterocycles. The van der Waals surface area contributed by atoms with Crippen LogP contribution in [0.2, 0.25) is 0 Å². The molecule has 10 heteroatoms. The molecule has 0 bridgehead atoms. The van der Waals surface area contributed by atoms with Gasteiger partial charge in [0.2, 0.25) is 10.1 Å². The Bertz CT molecular complexity index is 623. The molecule has 2 heterocycles. The minimum absolute atomic E-state index is 0.650. The highest BCUT2D eigenvalue weighted by Gasteiger charge is 2.26. The van der Waals surface area contributed by atoms with Crippen LogP contribution in [0.15, 0.2) is 9.79 Å². The maximum absolute atomic E-state index is 5.46. The highest BCUT2D eigenvalue weighted by molar-refractivity contribution is 8.76. The second kappa shape index (κ2) is 8.84. The standard InChI is InChI=1S/C14H18O6S4/c1-15-7-9(13(19-5)21-11(7)17-3)23-24-10-8(16-2)12(18-4)22-14(10)20-6/h1-6H3. The Morgan fingerprint density at radius 2 is 0.833 bits per heavy atom. The van der Waals surface area contributed by atoms with E-state index in [0.717, 1.165) is 19.9 Å². The Kier molecular flexibility index (Phi) is 7.08. The van der Waals surface area contributed by atoms with Crippen molar-refractivity contribution in [1.82, 2.24) is 0 Å². The van der Waals surface area contributed by atoms with Gasteiger partial charge in [-0.15, -0.1) is 0 Å². The zero-order valence-corrected chi connectivity index (χ0v) is 17.3. The van der Waals surface area contributed by atoms with Crippen molar-refractivity contribution in [3.63, 3.8) is 0 Å². The summed E-state index contributed by atoms with van der Waals surface area (Å²) in [5.74, 6) is 1.30. The number of rotatable bonds is 9. The zero-order valence-electron chi connectivity index (χ0n) is 14.1. The van der Waals surface area contributed by atoms with Crippen LogP contribution < -0.4 is 28.4 Å². The number of ether oxygens (including phenoxy) is 6. The molecular formula is C14H18O6S4. The van der Waals surface area contributed by atoms with E-state index in [1.165, 1.54) is 44.3 Å². The molecule has 0 spiro atoms. The van der Waals surface area contributed by atoms with Gasteiger partial charge in [-0.25, -0.2) is 0 Å². The normalized spacial score (nSPS) is 10.4. The van der Waals surface area contributed by atoms with Gasteiger partial charge < -0.3 is 28.4 Å². The van der Waals surface area contributed by atoms with Crippen molar-refractivity contribution in [3.05, 3.63) is 0 Å². The molecule has 2 aromatic heterocycles. The average molecular weight is 411 g/mol.